The summed E-state index contributed by atoms with van der Waals surface area (Å²) in [6.07, 6.45) is 2.44. The lowest BCUT2D eigenvalue weighted by atomic mass is 10.0. The first-order chi connectivity index (χ1) is 8.32. The van der Waals surface area contributed by atoms with Crippen molar-refractivity contribution in [2.75, 3.05) is 0 Å². The first kappa shape index (κ1) is 13.6. The van der Waals surface area contributed by atoms with E-state index in [2.05, 4.69) is 75.7 Å². The number of fused-ring (bicyclic) bond motifs is 1. The zero-order valence-corrected chi connectivity index (χ0v) is 13.4. The topological polar surface area (TPSA) is 3.24 Å². The molecule has 0 saturated heterocycles. The smallest absolute Gasteiger partial charge is 0.131 e. The molecular formula is C16H24NSi. The molecule has 2 rings (SSSR count). The third-order valence-corrected chi connectivity index (χ3v) is 5.51. The van der Waals surface area contributed by atoms with Crippen LogP contribution in [0.25, 0.3) is 5.57 Å². The van der Waals surface area contributed by atoms with E-state index in [1.54, 1.807) is 0 Å². The summed E-state index contributed by atoms with van der Waals surface area (Å²) in [5, 5.41) is 0. The Bertz CT molecular complexity index is 468. The van der Waals surface area contributed by atoms with Crippen molar-refractivity contribution < 1.29 is 0 Å². The Balaban J connectivity index is 2.46. The number of benzene rings is 1. The first-order valence-electron chi connectivity index (χ1n) is 6.69. The lowest BCUT2D eigenvalue weighted by Gasteiger charge is -2.42. The summed E-state index contributed by atoms with van der Waals surface area (Å²) in [6.45, 7) is 14.0. The molecule has 0 aromatic heterocycles. The van der Waals surface area contributed by atoms with Crippen molar-refractivity contribution in [1.82, 2.24) is 4.57 Å². The van der Waals surface area contributed by atoms with Crippen LogP contribution in [0.1, 0.15) is 44.9 Å². The van der Waals surface area contributed by atoms with E-state index in [1.165, 1.54) is 16.7 Å². The number of rotatable bonds is 2. The summed E-state index contributed by atoms with van der Waals surface area (Å²) in [5.41, 5.74) is 4.56. The summed E-state index contributed by atoms with van der Waals surface area (Å²) in [7, 11) is -0.489. The van der Waals surface area contributed by atoms with Crippen molar-refractivity contribution in [1.29, 1.82) is 0 Å². The lowest BCUT2D eigenvalue weighted by Crippen LogP contribution is -2.49. The summed E-state index contributed by atoms with van der Waals surface area (Å²) in [6, 6.07) is 9.31. The van der Waals surface area contributed by atoms with Gasteiger partial charge in [-0.25, -0.2) is 0 Å². The summed E-state index contributed by atoms with van der Waals surface area (Å²) < 4.78 is 2.70. The van der Waals surface area contributed by atoms with Gasteiger partial charge < -0.3 is 4.57 Å². The third-order valence-electron chi connectivity index (χ3n) is 3.59. The molecule has 1 atom stereocenters. The minimum Gasteiger partial charge on any atom is -0.310 e. The van der Waals surface area contributed by atoms with Crippen molar-refractivity contribution in [3.63, 3.8) is 0 Å². The Morgan fingerprint density at radius 1 is 1.11 bits per heavy atom. The number of hydrogen-bond donors (Lipinski definition) is 0. The van der Waals surface area contributed by atoms with Gasteiger partial charge in [-0.3, -0.25) is 0 Å². The molecule has 1 aliphatic rings. The zero-order chi connectivity index (χ0) is 13.5. The van der Waals surface area contributed by atoms with E-state index < -0.39 is 8.96 Å². The van der Waals surface area contributed by atoms with Crippen molar-refractivity contribution in [3.8, 4) is 0 Å². The first-order valence-corrected chi connectivity index (χ1v) is 9.14. The van der Waals surface area contributed by atoms with Crippen LogP contribution in [0.4, 0.5) is 0 Å². The van der Waals surface area contributed by atoms with Gasteiger partial charge >= 0.3 is 0 Å². The molecule has 18 heavy (non-hydrogen) atoms. The van der Waals surface area contributed by atoms with E-state index in [0.717, 1.165) is 0 Å². The van der Waals surface area contributed by atoms with Crippen molar-refractivity contribution >= 4 is 14.5 Å². The monoisotopic (exact) mass is 258 g/mol. The lowest BCUT2D eigenvalue weighted by molar-refractivity contribution is 0.215. The molecule has 0 fully saturated rings. The molecule has 0 saturated carbocycles. The molecule has 0 spiro atoms. The van der Waals surface area contributed by atoms with Crippen LogP contribution >= 0.6 is 0 Å². The second-order valence-electron chi connectivity index (χ2n) is 6.37. The van der Waals surface area contributed by atoms with Gasteiger partial charge in [0.25, 0.3) is 0 Å². The second kappa shape index (κ2) is 4.67. The van der Waals surface area contributed by atoms with Gasteiger partial charge in [-0.1, -0.05) is 43.4 Å². The van der Waals surface area contributed by atoms with Crippen LogP contribution in [0.5, 0.6) is 0 Å². The van der Waals surface area contributed by atoms with Gasteiger partial charge in [-0.2, -0.15) is 0 Å². The molecule has 0 bridgehead atoms. The van der Waals surface area contributed by atoms with Gasteiger partial charge in [0.1, 0.15) is 8.96 Å². The van der Waals surface area contributed by atoms with Crippen LogP contribution in [0.15, 0.2) is 30.3 Å². The fourth-order valence-corrected chi connectivity index (χ4v) is 5.22. The molecular weight excluding hydrogens is 234 g/mol. The molecule has 0 aliphatic heterocycles. The van der Waals surface area contributed by atoms with E-state index in [-0.39, 0.29) is 5.54 Å². The molecule has 1 nitrogen and oxygen atoms in total. The van der Waals surface area contributed by atoms with Gasteiger partial charge in [0.2, 0.25) is 0 Å². The summed E-state index contributed by atoms with van der Waals surface area (Å²) >= 11 is 0. The number of nitrogens with zero attached hydrogens (tertiary/aromatic N) is 1. The molecule has 0 N–H and O–H groups in total. The molecule has 1 aromatic carbocycles. The summed E-state index contributed by atoms with van der Waals surface area (Å²) in [4.78, 5) is 0. The molecule has 1 unspecified atom stereocenters. The Kier molecular flexibility index (Phi) is 3.52. The minimum absolute atomic E-state index is 0.219. The highest BCUT2D eigenvalue weighted by molar-refractivity contribution is 6.53. The maximum atomic E-state index is 2.70. The Labute approximate surface area is 113 Å². The maximum absolute atomic E-state index is 2.70. The average Bonchev–Trinajstić information content (AvgIpc) is 2.55. The van der Waals surface area contributed by atoms with E-state index in [0.29, 0.717) is 6.04 Å². The Hall–Kier alpha value is -0.863. The molecule has 2 heteroatoms. The minimum atomic E-state index is -0.489. The van der Waals surface area contributed by atoms with Crippen LogP contribution in [0.2, 0.25) is 13.1 Å². The van der Waals surface area contributed by atoms with Gasteiger partial charge in [0.15, 0.2) is 0 Å². The van der Waals surface area contributed by atoms with E-state index in [1.807, 2.05) is 0 Å². The normalized spacial score (nSPS) is 19.3. The highest BCUT2D eigenvalue weighted by Crippen LogP contribution is 2.40. The van der Waals surface area contributed by atoms with Crippen LogP contribution in [-0.4, -0.2) is 19.1 Å². The van der Waals surface area contributed by atoms with Crippen LogP contribution in [0.3, 0.4) is 0 Å². The Morgan fingerprint density at radius 3 is 2.28 bits per heavy atom. The molecule has 0 heterocycles. The highest BCUT2D eigenvalue weighted by Gasteiger charge is 2.34. The predicted octanol–water partition coefficient (Wildman–Crippen LogP) is 4.50. The second-order valence-corrected chi connectivity index (χ2v) is 8.75. The van der Waals surface area contributed by atoms with Gasteiger partial charge in [-0.05, 0) is 44.4 Å². The molecule has 0 amide bonds. The van der Waals surface area contributed by atoms with Crippen molar-refractivity contribution in [3.05, 3.63) is 41.5 Å². The van der Waals surface area contributed by atoms with Crippen LogP contribution in [-0.2, 0) is 0 Å². The highest BCUT2D eigenvalue weighted by atomic mass is 28.3. The van der Waals surface area contributed by atoms with Gasteiger partial charge in [0.05, 0.1) is 0 Å². The molecule has 1 radical (unpaired) electrons. The van der Waals surface area contributed by atoms with Crippen LogP contribution in [0, 0.1) is 0 Å². The largest absolute Gasteiger partial charge is 0.310 e. The molecule has 97 valence electrons. The molecule has 1 aromatic rings. The van der Waals surface area contributed by atoms with E-state index >= 15 is 0 Å². The third kappa shape index (κ3) is 2.32. The van der Waals surface area contributed by atoms with E-state index in [9.17, 15) is 0 Å². The Morgan fingerprint density at radius 2 is 1.72 bits per heavy atom. The van der Waals surface area contributed by atoms with Gasteiger partial charge in [0, 0.05) is 11.6 Å². The van der Waals surface area contributed by atoms with Crippen LogP contribution < -0.4 is 0 Å². The zero-order valence-electron chi connectivity index (χ0n) is 12.4. The number of hydrogen-bond acceptors (Lipinski definition) is 1. The van der Waals surface area contributed by atoms with Crippen molar-refractivity contribution in [2.45, 2.75) is 52.4 Å². The fraction of sp³-hybridized carbons (Fsp3) is 0.500. The number of allylic oxidation sites excluding steroid dienone is 1. The fourth-order valence-electron chi connectivity index (χ4n) is 3.11. The predicted molar refractivity (Wildman–Crippen MR) is 81.9 cm³/mol. The summed E-state index contributed by atoms with van der Waals surface area (Å²) in [5.74, 6) is 0. The maximum Gasteiger partial charge on any atom is 0.131 e. The SMILES string of the molecule is CC1=CC(N([Si](C)C)C(C)(C)C)c2ccccc21. The molecule has 1 aliphatic carbocycles. The quantitative estimate of drug-likeness (QED) is 0.706. The van der Waals surface area contributed by atoms with Crippen molar-refractivity contribution in [2.24, 2.45) is 0 Å². The standard InChI is InChI=1S/C16H24NSi/c1-12-11-15(14-10-8-7-9-13(12)14)17(18(5)6)16(2,3)4/h7-11,15H,1-6H3. The van der Waals surface area contributed by atoms with Gasteiger partial charge in [-0.15, -0.1) is 0 Å². The van der Waals surface area contributed by atoms with E-state index in [4.69, 9.17) is 0 Å². The average molecular weight is 258 g/mol.